The van der Waals surface area contributed by atoms with Gasteiger partial charge in [-0.1, -0.05) is 22.9 Å². The summed E-state index contributed by atoms with van der Waals surface area (Å²) in [6.45, 7) is 6.15. The summed E-state index contributed by atoms with van der Waals surface area (Å²) >= 11 is 0. The van der Waals surface area contributed by atoms with Gasteiger partial charge in [-0.3, -0.25) is 0 Å². The number of aromatic nitrogens is 1. The van der Waals surface area contributed by atoms with Gasteiger partial charge in [0.1, 0.15) is 5.69 Å². The Morgan fingerprint density at radius 2 is 1.54 bits per heavy atom. The van der Waals surface area contributed by atoms with Crippen molar-refractivity contribution in [2.24, 2.45) is 5.14 Å². The van der Waals surface area contributed by atoms with Crippen molar-refractivity contribution in [3.63, 3.8) is 0 Å². The van der Waals surface area contributed by atoms with Crippen molar-refractivity contribution in [3.8, 4) is 22.6 Å². The second kappa shape index (κ2) is 5.89. The molecule has 2 aromatic carbocycles. The second-order valence-corrected chi connectivity index (χ2v) is 7.48. The van der Waals surface area contributed by atoms with Crippen LogP contribution in [0, 0.1) is 20.8 Å². The molecular formula is C18H18N2O3S. The maximum Gasteiger partial charge on any atom is 0.238 e. The number of aryl methyl sites for hydroxylation is 3. The lowest BCUT2D eigenvalue weighted by atomic mass is 9.97. The molecule has 0 unspecified atom stereocenters. The van der Waals surface area contributed by atoms with Gasteiger partial charge in [0, 0.05) is 17.2 Å². The van der Waals surface area contributed by atoms with Gasteiger partial charge in [0.25, 0.3) is 0 Å². The summed E-state index contributed by atoms with van der Waals surface area (Å²) in [6, 6.07) is 12.3. The Balaban J connectivity index is 2.00. The Hall–Kier alpha value is -2.44. The van der Waals surface area contributed by atoms with Crippen molar-refractivity contribution in [1.29, 1.82) is 0 Å². The van der Waals surface area contributed by atoms with Crippen LogP contribution in [0.3, 0.4) is 0 Å². The summed E-state index contributed by atoms with van der Waals surface area (Å²) in [5.74, 6) is 0.574. The fourth-order valence-corrected chi connectivity index (χ4v) is 3.44. The number of rotatable bonds is 3. The van der Waals surface area contributed by atoms with E-state index >= 15 is 0 Å². The average Bonchev–Trinajstić information content (AvgIpc) is 2.95. The molecule has 0 aliphatic rings. The van der Waals surface area contributed by atoms with Crippen LogP contribution in [0.2, 0.25) is 0 Å². The van der Waals surface area contributed by atoms with E-state index in [-0.39, 0.29) is 4.90 Å². The Morgan fingerprint density at radius 3 is 2.08 bits per heavy atom. The summed E-state index contributed by atoms with van der Waals surface area (Å²) in [5, 5.41) is 9.27. The van der Waals surface area contributed by atoms with Gasteiger partial charge in [0.2, 0.25) is 10.0 Å². The molecule has 0 aliphatic heterocycles. The van der Waals surface area contributed by atoms with Gasteiger partial charge >= 0.3 is 0 Å². The molecule has 0 bridgehead atoms. The highest BCUT2D eigenvalue weighted by Gasteiger charge is 2.14. The zero-order valence-electron chi connectivity index (χ0n) is 13.7. The summed E-state index contributed by atoms with van der Waals surface area (Å²) in [6.07, 6.45) is 0. The molecule has 1 aromatic heterocycles. The van der Waals surface area contributed by atoms with Crippen LogP contribution in [0.15, 0.2) is 51.9 Å². The third-order valence-corrected chi connectivity index (χ3v) is 4.84. The molecule has 124 valence electrons. The van der Waals surface area contributed by atoms with Crippen LogP contribution in [-0.4, -0.2) is 13.6 Å². The van der Waals surface area contributed by atoms with Crippen LogP contribution in [0.25, 0.3) is 22.6 Å². The third kappa shape index (κ3) is 3.11. The van der Waals surface area contributed by atoms with E-state index in [4.69, 9.17) is 9.66 Å². The molecule has 3 aromatic rings. The number of sulfonamides is 1. The van der Waals surface area contributed by atoms with Gasteiger partial charge in [-0.2, -0.15) is 0 Å². The highest BCUT2D eigenvalue weighted by atomic mass is 32.2. The Bertz CT molecular complexity index is 980. The van der Waals surface area contributed by atoms with Gasteiger partial charge in [-0.05, 0) is 56.2 Å². The smallest absolute Gasteiger partial charge is 0.238 e. The molecule has 3 rings (SSSR count). The number of primary sulfonamides is 1. The van der Waals surface area contributed by atoms with Crippen molar-refractivity contribution in [3.05, 3.63) is 59.2 Å². The molecule has 1 heterocycles. The van der Waals surface area contributed by atoms with E-state index in [1.54, 1.807) is 12.1 Å². The van der Waals surface area contributed by atoms with E-state index in [9.17, 15) is 8.42 Å². The van der Waals surface area contributed by atoms with E-state index in [1.807, 2.05) is 19.9 Å². The van der Waals surface area contributed by atoms with E-state index in [0.29, 0.717) is 5.76 Å². The van der Waals surface area contributed by atoms with Crippen molar-refractivity contribution < 1.29 is 12.9 Å². The molecule has 0 saturated carbocycles. The lowest BCUT2D eigenvalue weighted by Gasteiger charge is -2.07. The largest absolute Gasteiger partial charge is 0.356 e. The SMILES string of the molecule is Cc1cc(C)c(-c2cc(-c3ccc(S(N)(=O)=O)cc3)on2)c(C)c1. The summed E-state index contributed by atoms with van der Waals surface area (Å²) in [7, 11) is -3.70. The molecule has 0 fully saturated rings. The second-order valence-electron chi connectivity index (χ2n) is 5.92. The first-order valence-corrected chi connectivity index (χ1v) is 8.98. The van der Waals surface area contributed by atoms with Crippen LogP contribution in [0.5, 0.6) is 0 Å². The summed E-state index contributed by atoms with van der Waals surface area (Å²) in [4.78, 5) is 0.0659. The molecule has 0 aliphatic carbocycles. The topological polar surface area (TPSA) is 86.2 Å². The normalized spacial score (nSPS) is 11.7. The monoisotopic (exact) mass is 342 g/mol. The Kier molecular flexibility index (Phi) is 4.03. The van der Waals surface area contributed by atoms with Crippen molar-refractivity contribution in [1.82, 2.24) is 5.16 Å². The minimum absolute atomic E-state index is 0.0659. The van der Waals surface area contributed by atoms with Gasteiger partial charge < -0.3 is 4.52 Å². The van der Waals surface area contributed by atoms with Gasteiger partial charge in [0.15, 0.2) is 5.76 Å². The lowest BCUT2D eigenvalue weighted by Crippen LogP contribution is -2.11. The summed E-state index contributed by atoms with van der Waals surface area (Å²) < 4.78 is 28.1. The van der Waals surface area contributed by atoms with E-state index in [0.717, 1.165) is 27.9 Å². The zero-order chi connectivity index (χ0) is 17.5. The molecule has 0 radical (unpaired) electrons. The van der Waals surface area contributed by atoms with Crippen molar-refractivity contribution >= 4 is 10.0 Å². The van der Waals surface area contributed by atoms with Gasteiger partial charge in [-0.25, -0.2) is 13.6 Å². The Labute approximate surface area is 141 Å². The highest BCUT2D eigenvalue weighted by molar-refractivity contribution is 7.89. The molecule has 0 spiro atoms. The predicted molar refractivity (Wildman–Crippen MR) is 93.0 cm³/mol. The van der Waals surface area contributed by atoms with E-state index < -0.39 is 10.0 Å². The standard InChI is InChI=1S/C18H18N2O3S/c1-11-8-12(2)18(13(3)9-11)16-10-17(23-20-16)14-4-6-15(7-5-14)24(19,21)22/h4-10H,1-3H3,(H2,19,21,22). The van der Waals surface area contributed by atoms with Crippen molar-refractivity contribution in [2.45, 2.75) is 25.7 Å². The van der Waals surface area contributed by atoms with Crippen LogP contribution in [0.4, 0.5) is 0 Å². The number of hydrogen-bond acceptors (Lipinski definition) is 4. The number of nitrogens with zero attached hydrogens (tertiary/aromatic N) is 1. The fraction of sp³-hybridized carbons (Fsp3) is 0.167. The molecule has 0 saturated heterocycles. The predicted octanol–water partition coefficient (Wildman–Crippen LogP) is 3.58. The minimum atomic E-state index is -3.70. The molecule has 24 heavy (non-hydrogen) atoms. The van der Waals surface area contributed by atoms with Crippen LogP contribution < -0.4 is 5.14 Å². The first kappa shape index (κ1) is 16.4. The van der Waals surface area contributed by atoms with E-state index in [2.05, 4.69) is 24.2 Å². The van der Waals surface area contributed by atoms with Crippen LogP contribution >= 0.6 is 0 Å². The summed E-state index contributed by atoms with van der Waals surface area (Å²) in [5.41, 5.74) is 6.03. The van der Waals surface area contributed by atoms with Gasteiger partial charge in [-0.15, -0.1) is 0 Å². The molecular weight excluding hydrogens is 324 g/mol. The molecule has 0 amide bonds. The number of nitrogens with two attached hydrogens (primary N) is 1. The average molecular weight is 342 g/mol. The van der Waals surface area contributed by atoms with E-state index in [1.165, 1.54) is 17.7 Å². The quantitative estimate of drug-likeness (QED) is 0.788. The highest BCUT2D eigenvalue weighted by Crippen LogP contribution is 2.31. The maximum absolute atomic E-state index is 11.3. The third-order valence-electron chi connectivity index (χ3n) is 3.91. The molecule has 2 N–H and O–H groups in total. The molecule has 0 atom stereocenters. The van der Waals surface area contributed by atoms with Gasteiger partial charge in [0.05, 0.1) is 4.90 Å². The lowest BCUT2D eigenvalue weighted by molar-refractivity contribution is 0.435. The van der Waals surface area contributed by atoms with Crippen LogP contribution in [0.1, 0.15) is 16.7 Å². The fourth-order valence-electron chi connectivity index (χ4n) is 2.92. The molecule has 6 heteroatoms. The first-order valence-electron chi connectivity index (χ1n) is 7.44. The molecule has 5 nitrogen and oxygen atoms in total. The van der Waals surface area contributed by atoms with Crippen LogP contribution in [-0.2, 0) is 10.0 Å². The number of benzene rings is 2. The maximum atomic E-state index is 11.3. The number of hydrogen-bond donors (Lipinski definition) is 1. The zero-order valence-corrected chi connectivity index (χ0v) is 14.5. The van der Waals surface area contributed by atoms with Crippen molar-refractivity contribution in [2.75, 3.05) is 0 Å². The Morgan fingerprint density at radius 1 is 0.958 bits per heavy atom. The first-order chi connectivity index (χ1) is 11.3. The minimum Gasteiger partial charge on any atom is -0.356 e.